The Morgan fingerprint density at radius 1 is 0.906 bits per heavy atom. The number of hydrogen-bond acceptors (Lipinski definition) is 4. The lowest BCUT2D eigenvalue weighted by Crippen LogP contribution is -2.44. The largest absolute Gasteiger partial charge is 0.481 e. The fourth-order valence-corrected chi connectivity index (χ4v) is 4.36. The number of ether oxygens (including phenoxy) is 1. The first kappa shape index (κ1) is 20.2. The van der Waals surface area contributed by atoms with Crippen LogP contribution in [-0.4, -0.2) is 44.6 Å². The number of likely N-dealkylation sites (tertiary alicyclic amines) is 1. The number of nitrogens with zero attached hydrogens (tertiary/aromatic N) is 4. The Hall–Kier alpha value is -3.67. The molecular weight excluding hydrogens is 400 g/mol. The minimum absolute atomic E-state index is 0.0293. The minimum atomic E-state index is -0.525. The monoisotopic (exact) mass is 426 g/mol. The van der Waals surface area contributed by atoms with Crippen molar-refractivity contribution in [3.63, 3.8) is 0 Å². The van der Waals surface area contributed by atoms with Gasteiger partial charge in [0, 0.05) is 25.2 Å². The number of carbonyl (C=O) groups is 1. The van der Waals surface area contributed by atoms with Crippen LogP contribution < -0.4 is 4.74 Å². The summed E-state index contributed by atoms with van der Waals surface area (Å²) in [7, 11) is 0. The second kappa shape index (κ2) is 8.83. The molecule has 0 bridgehead atoms. The van der Waals surface area contributed by atoms with Gasteiger partial charge in [0.05, 0.1) is 0 Å². The number of amides is 1. The van der Waals surface area contributed by atoms with Gasteiger partial charge in [-0.05, 0) is 55.2 Å². The van der Waals surface area contributed by atoms with E-state index in [9.17, 15) is 4.79 Å². The lowest BCUT2D eigenvalue weighted by molar-refractivity contribution is -0.139. The van der Waals surface area contributed by atoms with E-state index in [2.05, 4.69) is 22.3 Å². The average molecular weight is 427 g/mol. The quantitative estimate of drug-likeness (QED) is 0.469. The van der Waals surface area contributed by atoms with Crippen molar-refractivity contribution in [2.24, 2.45) is 0 Å². The number of benzene rings is 2. The summed E-state index contributed by atoms with van der Waals surface area (Å²) in [6.45, 7) is 3.23. The summed E-state index contributed by atoms with van der Waals surface area (Å²) in [5.74, 6) is 2.02. The van der Waals surface area contributed by atoms with Crippen molar-refractivity contribution >= 4 is 11.6 Å². The molecule has 1 saturated heterocycles. The molecule has 0 spiro atoms. The standard InChI is InChI=1S/C26H26N4O2/c1-19(32-23-12-10-21(11-13-23)20-7-3-2-4-8-20)26(31)29-17-14-22(15-18-29)25-28-27-24-9-5-6-16-30(24)25/h2-13,16,19,22H,14-15,17-18H2,1H3. The van der Waals surface area contributed by atoms with Gasteiger partial charge in [-0.15, -0.1) is 10.2 Å². The Bertz CT molecular complexity index is 1200. The predicted molar refractivity (Wildman–Crippen MR) is 124 cm³/mol. The van der Waals surface area contributed by atoms with E-state index in [0.29, 0.717) is 24.8 Å². The Balaban J connectivity index is 1.18. The summed E-state index contributed by atoms with van der Waals surface area (Å²) < 4.78 is 8.01. The molecule has 162 valence electrons. The van der Waals surface area contributed by atoms with Gasteiger partial charge in [0.2, 0.25) is 0 Å². The molecule has 32 heavy (non-hydrogen) atoms. The Labute approximate surface area is 187 Å². The molecule has 2 aromatic carbocycles. The van der Waals surface area contributed by atoms with Crippen molar-refractivity contribution < 1.29 is 9.53 Å². The van der Waals surface area contributed by atoms with E-state index in [-0.39, 0.29) is 5.91 Å². The third kappa shape index (κ3) is 4.08. The highest BCUT2D eigenvalue weighted by Gasteiger charge is 2.29. The van der Waals surface area contributed by atoms with Gasteiger partial charge in [0.15, 0.2) is 11.8 Å². The van der Waals surface area contributed by atoms with Gasteiger partial charge in [-0.1, -0.05) is 48.5 Å². The van der Waals surface area contributed by atoms with Gasteiger partial charge in [-0.3, -0.25) is 9.20 Å². The van der Waals surface area contributed by atoms with Crippen molar-refractivity contribution in [2.75, 3.05) is 13.1 Å². The summed E-state index contributed by atoms with van der Waals surface area (Å²) in [6, 6.07) is 24.0. The summed E-state index contributed by atoms with van der Waals surface area (Å²) in [5, 5.41) is 8.65. The second-order valence-electron chi connectivity index (χ2n) is 8.24. The molecule has 1 aliphatic heterocycles. The molecule has 1 fully saturated rings. The van der Waals surface area contributed by atoms with E-state index >= 15 is 0 Å². The maximum atomic E-state index is 13.0. The third-order valence-corrected chi connectivity index (χ3v) is 6.13. The fourth-order valence-electron chi connectivity index (χ4n) is 4.36. The maximum Gasteiger partial charge on any atom is 0.263 e. The third-order valence-electron chi connectivity index (χ3n) is 6.13. The van der Waals surface area contributed by atoms with Crippen LogP contribution in [0.2, 0.25) is 0 Å². The first-order valence-corrected chi connectivity index (χ1v) is 11.1. The fraction of sp³-hybridized carbons (Fsp3) is 0.269. The van der Waals surface area contributed by atoms with Crippen LogP contribution in [0.3, 0.4) is 0 Å². The predicted octanol–water partition coefficient (Wildman–Crippen LogP) is 4.57. The van der Waals surface area contributed by atoms with Crippen molar-refractivity contribution in [3.8, 4) is 16.9 Å². The number of piperidine rings is 1. The highest BCUT2D eigenvalue weighted by atomic mass is 16.5. The van der Waals surface area contributed by atoms with Crippen LogP contribution in [-0.2, 0) is 4.79 Å². The summed E-state index contributed by atoms with van der Waals surface area (Å²) in [5.41, 5.74) is 3.15. The smallest absolute Gasteiger partial charge is 0.263 e. The number of fused-ring (bicyclic) bond motifs is 1. The normalized spacial score (nSPS) is 15.6. The van der Waals surface area contributed by atoms with E-state index in [1.165, 1.54) is 0 Å². The van der Waals surface area contributed by atoms with Crippen molar-refractivity contribution in [1.82, 2.24) is 19.5 Å². The maximum absolute atomic E-state index is 13.0. The molecule has 0 N–H and O–H groups in total. The van der Waals surface area contributed by atoms with Crippen molar-refractivity contribution in [1.29, 1.82) is 0 Å². The zero-order valence-electron chi connectivity index (χ0n) is 18.1. The SMILES string of the molecule is CC(Oc1ccc(-c2ccccc2)cc1)C(=O)N1CCC(c2nnc3ccccn23)CC1. The van der Waals surface area contributed by atoms with Crippen LogP contribution in [0, 0.1) is 0 Å². The molecule has 6 heteroatoms. The Morgan fingerprint density at radius 3 is 2.34 bits per heavy atom. The first-order chi connectivity index (χ1) is 15.7. The molecule has 5 rings (SSSR count). The molecule has 1 atom stereocenters. The van der Waals surface area contributed by atoms with Gasteiger partial charge >= 0.3 is 0 Å². The lowest BCUT2D eigenvalue weighted by atomic mass is 9.95. The van der Waals surface area contributed by atoms with Crippen LogP contribution in [0.15, 0.2) is 79.0 Å². The van der Waals surface area contributed by atoms with E-state index < -0.39 is 6.10 Å². The Kier molecular flexibility index (Phi) is 5.58. The molecule has 0 saturated carbocycles. The zero-order valence-corrected chi connectivity index (χ0v) is 18.1. The topological polar surface area (TPSA) is 59.7 Å². The molecule has 1 unspecified atom stereocenters. The van der Waals surface area contributed by atoms with E-state index in [1.54, 1.807) is 0 Å². The number of carbonyl (C=O) groups excluding carboxylic acids is 1. The molecule has 6 nitrogen and oxygen atoms in total. The van der Waals surface area contributed by atoms with E-state index in [4.69, 9.17) is 4.74 Å². The van der Waals surface area contributed by atoms with Gasteiger partial charge in [0.25, 0.3) is 5.91 Å². The van der Waals surface area contributed by atoms with Crippen LogP contribution >= 0.6 is 0 Å². The molecule has 0 radical (unpaired) electrons. The zero-order chi connectivity index (χ0) is 21.9. The van der Waals surface area contributed by atoms with Crippen molar-refractivity contribution in [2.45, 2.75) is 31.8 Å². The van der Waals surface area contributed by atoms with Gasteiger partial charge in [0.1, 0.15) is 11.6 Å². The highest BCUT2D eigenvalue weighted by Crippen LogP contribution is 2.28. The van der Waals surface area contributed by atoms with Gasteiger partial charge in [-0.25, -0.2) is 0 Å². The van der Waals surface area contributed by atoms with Crippen LogP contribution in [0.25, 0.3) is 16.8 Å². The molecule has 0 aliphatic carbocycles. The number of pyridine rings is 1. The molecule has 3 heterocycles. The molecular formula is C26H26N4O2. The number of aromatic nitrogens is 3. The Morgan fingerprint density at radius 2 is 1.59 bits per heavy atom. The van der Waals surface area contributed by atoms with Crippen LogP contribution in [0.5, 0.6) is 5.75 Å². The number of hydrogen-bond donors (Lipinski definition) is 0. The molecule has 1 amide bonds. The molecule has 2 aromatic heterocycles. The van der Waals surface area contributed by atoms with Crippen LogP contribution in [0.4, 0.5) is 0 Å². The first-order valence-electron chi connectivity index (χ1n) is 11.1. The summed E-state index contributed by atoms with van der Waals surface area (Å²) in [4.78, 5) is 14.9. The van der Waals surface area contributed by atoms with Crippen LogP contribution in [0.1, 0.15) is 31.5 Å². The minimum Gasteiger partial charge on any atom is -0.481 e. The average Bonchev–Trinajstić information content (AvgIpc) is 3.29. The van der Waals surface area contributed by atoms with E-state index in [0.717, 1.165) is 35.4 Å². The van der Waals surface area contributed by atoms with E-state index in [1.807, 2.05) is 83.1 Å². The van der Waals surface area contributed by atoms with Gasteiger partial charge < -0.3 is 9.64 Å². The van der Waals surface area contributed by atoms with Gasteiger partial charge in [-0.2, -0.15) is 0 Å². The second-order valence-corrected chi connectivity index (χ2v) is 8.24. The number of rotatable bonds is 5. The molecule has 1 aliphatic rings. The lowest BCUT2D eigenvalue weighted by Gasteiger charge is -2.33. The summed E-state index contributed by atoms with van der Waals surface area (Å²) in [6.07, 6.45) is 3.23. The highest BCUT2D eigenvalue weighted by molar-refractivity contribution is 5.81. The van der Waals surface area contributed by atoms with Crippen molar-refractivity contribution in [3.05, 3.63) is 84.8 Å². The molecule has 4 aromatic rings. The summed E-state index contributed by atoms with van der Waals surface area (Å²) >= 11 is 0.